The van der Waals surface area contributed by atoms with E-state index in [0.717, 1.165) is 17.9 Å². The molecular weight excluding hydrogens is 140 g/mol. The van der Waals surface area contributed by atoms with Crippen LogP contribution in [-0.4, -0.2) is 11.5 Å². The van der Waals surface area contributed by atoms with Crippen molar-refractivity contribution in [3.63, 3.8) is 0 Å². The fourth-order valence-electron chi connectivity index (χ4n) is 0.840. The molecule has 1 heterocycles. The van der Waals surface area contributed by atoms with Crippen LogP contribution >= 0.6 is 0 Å². The minimum Gasteiger partial charge on any atom is -0.372 e. The zero-order valence-electron chi connectivity index (χ0n) is 6.77. The smallest absolute Gasteiger partial charge is 0.252 e. The van der Waals surface area contributed by atoms with Gasteiger partial charge in [0.1, 0.15) is 5.82 Å². The molecule has 0 bridgehead atoms. The lowest BCUT2D eigenvalue weighted by molar-refractivity contribution is 1.11. The fourth-order valence-corrected chi connectivity index (χ4v) is 0.840. The molecule has 0 spiro atoms. The monoisotopic (exact) mass is 152 g/mol. The highest BCUT2D eigenvalue weighted by atomic mass is 16.1. The van der Waals surface area contributed by atoms with Gasteiger partial charge in [0, 0.05) is 12.1 Å². The Kier molecular flexibility index (Phi) is 2.31. The van der Waals surface area contributed by atoms with Gasteiger partial charge in [0.05, 0.1) is 0 Å². The summed E-state index contributed by atoms with van der Waals surface area (Å²) < 4.78 is 0. The van der Waals surface area contributed by atoms with Gasteiger partial charge < -0.3 is 10.3 Å². The number of aromatic nitrogens is 1. The first-order valence-electron chi connectivity index (χ1n) is 3.68. The Bertz CT molecular complexity index is 290. The van der Waals surface area contributed by atoms with E-state index in [9.17, 15) is 4.79 Å². The van der Waals surface area contributed by atoms with Crippen molar-refractivity contribution in [2.75, 3.05) is 11.9 Å². The van der Waals surface area contributed by atoms with Crippen LogP contribution in [0.15, 0.2) is 16.9 Å². The van der Waals surface area contributed by atoms with Crippen molar-refractivity contribution >= 4 is 5.82 Å². The number of nitrogens with one attached hydrogen (secondary N) is 2. The molecule has 1 rings (SSSR count). The van der Waals surface area contributed by atoms with Gasteiger partial charge in [-0.05, 0) is 19.9 Å². The van der Waals surface area contributed by atoms with Gasteiger partial charge in [0.2, 0.25) is 0 Å². The summed E-state index contributed by atoms with van der Waals surface area (Å²) >= 11 is 0. The van der Waals surface area contributed by atoms with Crippen molar-refractivity contribution in [1.82, 2.24) is 4.98 Å². The number of aromatic amines is 1. The Balaban J connectivity index is 2.96. The molecule has 0 aliphatic carbocycles. The molecule has 3 heteroatoms. The van der Waals surface area contributed by atoms with Gasteiger partial charge in [-0.25, -0.2) is 0 Å². The fraction of sp³-hybridized carbons (Fsp3) is 0.375. The molecular formula is C8H12N2O. The molecule has 0 unspecified atom stereocenters. The second-order valence-electron chi connectivity index (χ2n) is 2.41. The SMILES string of the molecule is CCNc1ccc(C)c(=O)[nH]1. The zero-order chi connectivity index (χ0) is 8.27. The van der Waals surface area contributed by atoms with Crippen LogP contribution in [0.1, 0.15) is 12.5 Å². The lowest BCUT2D eigenvalue weighted by Crippen LogP contribution is -2.11. The van der Waals surface area contributed by atoms with Gasteiger partial charge in [-0.2, -0.15) is 0 Å². The molecule has 0 aromatic carbocycles. The van der Waals surface area contributed by atoms with Crippen molar-refractivity contribution in [1.29, 1.82) is 0 Å². The summed E-state index contributed by atoms with van der Waals surface area (Å²) in [6, 6.07) is 3.66. The summed E-state index contributed by atoms with van der Waals surface area (Å²) in [4.78, 5) is 13.7. The van der Waals surface area contributed by atoms with Gasteiger partial charge in [-0.15, -0.1) is 0 Å². The molecule has 0 saturated carbocycles. The zero-order valence-corrected chi connectivity index (χ0v) is 6.77. The number of aryl methyl sites for hydroxylation is 1. The van der Waals surface area contributed by atoms with Gasteiger partial charge in [0.15, 0.2) is 0 Å². The molecule has 2 N–H and O–H groups in total. The molecule has 1 aromatic rings. The van der Waals surface area contributed by atoms with E-state index in [1.807, 2.05) is 13.0 Å². The number of rotatable bonds is 2. The molecule has 0 atom stereocenters. The van der Waals surface area contributed by atoms with E-state index in [-0.39, 0.29) is 5.56 Å². The largest absolute Gasteiger partial charge is 0.372 e. The normalized spacial score (nSPS) is 9.64. The lowest BCUT2D eigenvalue weighted by Gasteiger charge is -2.01. The molecule has 3 nitrogen and oxygen atoms in total. The highest BCUT2D eigenvalue weighted by molar-refractivity contribution is 5.34. The minimum atomic E-state index is -0.0246. The summed E-state index contributed by atoms with van der Waals surface area (Å²) in [7, 11) is 0. The van der Waals surface area contributed by atoms with Gasteiger partial charge >= 0.3 is 0 Å². The van der Waals surface area contributed by atoms with Crippen LogP contribution in [0.25, 0.3) is 0 Å². The molecule has 0 radical (unpaired) electrons. The maximum atomic E-state index is 11.0. The van der Waals surface area contributed by atoms with Crippen LogP contribution in [0.2, 0.25) is 0 Å². The van der Waals surface area contributed by atoms with E-state index in [0.29, 0.717) is 0 Å². The number of anilines is 1. The van der Waals surface area contributed by atoms with Gasteiger partial charge in [-0.3, -0.25) is 4.79 Å². The molecule has 11 heavy (non-hydrogen) atoms. The predicted octanol–water partition coefficient (Wildman–Crippen LogP) is 1.12. The first-order valence-corrected chi connectivity index (χ1v) is 3.68. The standard InChI is InChI=1S/C8H12N2O/c1-3-9-7-5-4-6(2)8(11)10-7/h4-5H,3H2,1-2H3,(H2,9,10,11). The van der Waals surface area contributed by atoms with Gasteiger partial charge in [0.25, 0.3) is 5.56 Å². The minimum absolute atomic E-state index is 0.0246. The summed E-state index contributed by atoms with van der Waals surface area (Å²) in [6.07, 6.45) is 0. The van der Waals surface area contributed by atoms with E-state index < -0.39 is 0 Å². The van der Waals surface area contributed by atoms with Crippen molar-refractivity contribution in [3.8, 4) is 0 Å². The quantitative estimate of drug-likeness (QED) is 0.667. The summed E-state index contributed by atoms with van der Waals surface area (Å²) in [6.45, 7) is 4.59. The van der Waals surface area contributed by atoms with Crippen molar-refractivity contribution in [3.05, 3.63) is 28.0 Å². The molecule has 0 amide bonds. The first-order chi connectivity index (χ1) is 5.24. The number of pyridine rings is 1. The van der Waals surface area contributed by atoms with Crippen LogP contribution < -0.4 is 10.9 Å². The molecule has 1 aromatic heterocycles. The number of hydrogen-bond acceptors (Lipinski definition) is 2. The molecule has 0 saturated heterocycles. The third-order valence-corrected chi connectivity index (χ3v) is 1.47. The Morgan fingerprint density at radius 3 is 2.82 bits per heavy atom. The maximum Gasteiger partial charge on any atom is 0.252 e. The summed E-state index contributed by atoms with van der Waals surface area (Å²) in [5, 5.41) is 3.02. The third-order valence-electron chi connectivity index (χ3n) is 1.47. The van der Waals surface area contributed by atoms with Crippen LogP contribution in [0, 0.1) is 6.92 Å². The topological polar surface area (TPSA) is 44.9 Å². The predicted molar refractivity (Wildman–Crippen MR) is 46.0 cm³/mol. The summed E-state index contributed by atoms with van der Waals surface area (Å²) in [5.74, 6) is 0.781. The van der Waals surface area contributed by atoms with Crippen molar-refractivity contribution in [2.24, 2.45) is 0 Å². The summed E-state index contributed by atoms with van der Waals surface area (Å²) in [5.41, 5.74) is 0.718. The van der Waals surface area contributed by atoms with E-state index >= 15 is 0 Å². The average Bonchev–Trinajstić information content (AvgIpc) is 1.98. The Hall–Kier alpha value is -1.25. The Morgan fingerprint density at radius 1 is 1.55 bits per heavy atom. The Labute approximate surface area is 65.5 Å². The van der Waals surface area contributed by atoms with Crippen LogP contribution in [-0.2, 0) is 0 Å². The first kappa shape index (κ1) is 7.85. The molecule has 0 fully saturated rings. The average molecular weight is 152 g/mol. The highest BCUT2D eigenvalue weighted by Gasteiger charge is 1.92. The van der Waals surface area contributed by atoms with E-state index in [1.54, 1.807) is 13.0 Å². The molecule has 0 aliphatic heterocycles. The Morgan fingerprint density at radius 2 is 2.27 bits per heavy atom. The second kappa shape index (κ2) is 3.23. The van der Waals surface area contributed by atoms with E-state index in [4.69, 9.17) is 0 Å². The third kappa shape index (κ3) is 1.83. The van der Waals surface area contributed by atoms with Crippen LogP contribution in [0.4, 0.5) is 5.82 Å². The van der Waals surface area contributed by atoms with Crippen LogP contribution in [0.5, 0.6) is 0 Å². The molecule has 60 valence electrons. The maximum absolute atomic E-state index is 11.0. The van der Waals surface area contributed by atoms with Crippen molar-refractivity contribution in [2.45, 2.75) is 13.8 Å². The van der Waals surface area contributed by atoms with Crippen molar-refractivity contribution < 1.29 is 0 Å². The van der Waals surface area contributed by atoms with E-state index in [2.05, 4.69) is 10.3 Å². The molecule has 0 aliphatic rings. The van der Waals surface area contributed by atoms with Crippen LogP contribution in [0.3, 0.4) is 0 Å². The highest BCUT2D eigenvalue weighted by Crippen LogP contribution is 1.98. The number of hydrogen-bond donors (Lipinski definition) is 2. The van der Waals surface area contributed by atoms with E-state index in [1.165, 1.54) is 0 Å². The number of H-pyrrole nitrogens is 1. The van der Waals surface area contributed by atoms with Gasteiger partial charge in [-0.1, -0.05) is 6.07 Å². The lowest BCUT2D eigenvalue weighted by atomic mass is 10.3. The second-order valence-corrected chi connectivity index (χ2v) is 2.41.